The predicted molar refractivity (Wildman–Crippen MR) is 150 cm³/mol. The number of allylic oxidation sites excluding steroid dienone is 2. The molecule has 2 atom stereocenters. The van der Waals surface area contributed by atoms with Crippen molar-refractivity contribution >= 4 is 23.3 Å². The maximum absolute atomic E-state index is 14.3. The van der Waals surface area contributed by atoms with Crippen LogP contribution in [-0.2, 0) is 20.6 Å². The van der Waals surface area contributed by atoms with Crippen LogP contribution < -0.4 is 4.90 Å². The highest BCUT2D eigenvalue weighted by Crippen LogP contribution is 2.44. The van der Waals surface area contributed by atoms with E-state index in [0.29, 0.717) is 43.3 Å². The highest BCUT2D eigenvalue weighted by atomic mass is 19.4. The summed E-state index contributed by atoms with van der Waals surface area (Å²) in [6.45, 7) is 5.03. The van der Waals surface area contributed by atoms with E-state index in [1.807, 2.05) is 6.07 Å². The van der Waals surface area contributed by atoms with Gasteiger partial charge >= 0.3 is 6.18 Å². The van der Waals surface area contributed by atoms with Crippen LogP contribution in [0.5, 0.6) is 0 Å². The van der Waals surface area contributed by atoms with Crippen molar-refractivity contribution in [3.63, 3.8) is 0 Å². The van der Waals surface area contributed by atoms with Crippen LogP contribution in [-0.4, -0.2) is 59.6 Å². The first-order valence-corrected chi connectivity index (χ1v) is 14.3. The normalized spacial score (nSPS) is 22.4. The van der Waals surface area contributed by atoms with Crippen LogP contribution in [0.15, 0.2) is 59.8 Å². The summed E-state index contributed by atoms with van der Waals surface area (Å²) in [5.74, 6) is -3.86. The number of carbonyl (C=O) groups is 3. The number of hydrogen-bond acceptors (Lipinski definition) is 5. The molecule has 1 aliphatic carbocycles. The van der Waals surface area contributed by atoms with Gasteiger partial charge in [0.2, 0.25) is 11.8 Å². The molecule has 1 saturated carbocycles. The molecule has 0 spiro atoms. The second-order valence-corrected chi connectivity index (χ2v) is 11.3. The third kappa shape index (κ3) is 5.58. The zero-order valence-electron chi connectivity index (χ0n) is 23.7. The quantitative estimate of drug-likeness (QED) is 0.451. The molecule has 0 bridgehead atoms. The molecule has 42 heavy (non-hydrogen) atoms. The van der Waals surface area contributed by atoms with E-state index in [1.165, 1.54) is 38.8 Å². The number of piperazine rings is 1. The lowest BCUT2D eigenvalue weighted by atomic mass is 9.73. The molecule has 220 valence electrons. The van der Waals surface area contributed by atoms with E-state index in [0.717, 1.165) is 29.9 Å². The number of Topliss-reactive ketones (excluding diaryl/α,β-unsaturated/α-hetero) is 1. The topological polar surface area (TPSA) is 84.7 Å². The Labute approximate surface area is 243 Å². The average molecular weight is 579 g/mol. The van der Waals surface area contributed by atoms with E-state index in [1.54, 1.807) is 29.2 Å². The third-order valence-corrected chi connectivity index (χ3v) is 8.80. The number of alkyl halides is 3. The van der Waals surface area contributed by atoms with Gasteiger partial charge in [-0.3, -0.25) is 24.2 Å². The number of nitriles is 1. The second kappa shape index (κ2) is 11.7. The maximum atomic E-state index is 14.3. The van der Waals surface area contributed by atoms with Crippen LogP contribution in [0.25, 0.3) is 0 Å². The smallest absolute Gasteiger partial charge is 0.339 e. The summed E-state index contributed by atoms with van der Waals surface area (Å²) in [4.78, 5) is 46.9. The van der Waals surface area contributed by atoms with Crippen molar-refractivity contribution in [3.8, 4) is 6.07 Å². The van der Waals surface area contributed by atoms with Crippen molar-refractivity contribution in [2.75, 3.05) is 31.1 Å². The number of halogens is 3. The second-order valence-electron chi connectivity index (χ2n) is 11.3. The van der Waals surface area contributed by atoms with Gasteiger partial charge in [-0.15, -0.1) is 0 Å². The predicted octanol–water partition coefficient (Wildman–Crippen LogP) is 5.27. The molecule has 3 aliphatic rings. The first kappa shape index (κ1) is 29.5. The van der Waals surface area contributed by atoms with Gasteiger partial charge in [0.05, 0.1) is 17.2 Å². The summed E-state index contributed by atoms with van der Waals surface area (Å²) < 4.78 is 40.8. The SMILES string of the molecule is CC(=O)C1=C(C)N(c2cccc(C(F)(F)F)c2)C(=O)C(C(=O)N2CCN(C3CCCC3)CC2)C1c1ccc(C#N)cc1. The molecule has 2 aliphatic heterocycles. The fourth-order valence-corrected chi connectivity index (χ4v) is 6.72. The minimum absolute atomic E-state index is 0.0618. The van der Waals surface area contributed by atoms with Crippen molar-refractivity contribution in [1.29, 1.82) is 5.26 Å². The zero-order chi connectivity index (χ0) is 30.2. The molecule has 0 radical (unpaired) electrons. The molecule has 2 fully saturated rings. The summed E-state index contributed by atoms with van der Waals surface area (Å²) in [5.41, 5.74) is 0.246. The molecule has 2 aromatic carbocycles. The molecule has 7 nitrogen and oxygen atoms in total. The Hall–Kier alpha value is -3.97. The van der Waals surface area contributed by atoms with Crippen LogP contribution in [0.4, 0.5) is 18.9 Å². The minimum Gasteiger partial charge on any atom is -0.339 e. The van der Waals surface area contributed by atoms with Gasteiger partial charge in [0.1, 0.15) is 5.92 Å². The first-order chi connectivity index (χ1) is 20.0. The Balaban J connectivity index is 1.58. The van der Waals surface area contributed by atoms with E-state index in [9.17, 15) is 32.8 Å². The summed E-state index contributed by atoms with van der Waals surface area (Å²) in [6, 6.07) is 13.3. The van der Waals surface area contributed by atoms with Crippen molar-refractivity contribution in [3.05, 3.63) is 76.5 Å². The molecule has 10 heteroatoms. The van der Waals surface area contributed by atoms with E-state index >= 15 is 0 Å². The van der Waals surface area contributed by atoms with Gasteiger partial charge in [0.25, 0.3) is 0 Å². The first-order valence-electron chi connectivity index (χ1n) is 14.3. The molecule has 0 N–H and O–H groups in total. The third-order valence-electron chi connectivity index (χ3n) is 8.80. The number of benzene rings is 2. The fourth-order valence-electron chi connectivity index (χ4n) is 6.72. The Morgan fingerprint density at radius 3 is 2.19 bits per heavy atom. The van der Waals surface area contributed by atoms with E-state index < -0.39 is 41.2 Å². The number of carbonyl (C=O) groups excluding carboxylic acids is 3. The Kier molecular flexibility index (Phi) is 8.24. The van der Waals surface area contributed by atoms with Crippen LogP contribution in [0.3, 0.4) is 0 Å². The van der Waals surface area contributed by atoms with Gasteiger partial charge in [-0.25, -0.2) is 0 Å². The number of rotatable bonds is 5. The lowest BCUT2D eigenvalue weighted by molar-refractivity contribution is -0.144. The van der Waals surface area contributed by atoms with Crippen LogP contribution in [0.1, 0.15) is 62.1 Å². The van der Waals surface area contributed by atoms with Gasteiger partial charge in [0, 0.05) is 55.1 Å². The molecular formula is C32H33F3N4O3. The molecule has 5 rings (SSSR count). The minimum atomic E-state index is -4.64. The maximum Gasteiger partial charge on any atom is 0.416 e. The number of ketones is 1. The zero-order valence-corrected chi connectivity index (χ0v) is 23.7. The van der Waals surface area contributed by atoms with Crippen LogP contribution >= 0.6 is 0 Å². The Morgan fingerprint density at radius 2 is 1.62 bits per heavy atom. The van der Waals surface area contributed by atoms with Crippen molar-refractivity contribution in [2.45, 2.75) is 57.7 Å². The summed E-state index contributed by atoms with van der Waals surface area (Å²) in [7, 11) is 0. The van der Waals surface area contributed by atoms with Gasteiger partial charge in [-0.1, -0.05) is 31.0 Å². The Bertz CT molecular complexity index is 1450. The highest BCUT2D eigenvalue weighted by molar-refractivity contribution is 6.15. The molecular weight excluding hydrogens is 545 g/mol. The fraction of sp³-hybridized carbons (Fsp3) is 0.438. The van der Waals surface area contributed by atoms with Crippen molar-refractivity contribution in [1.82, 2.24) is 9.80 Å². The monoisotopic (exact) mass is 578 g/mol. The van der Waals surface area contributed by atoms with Gasteiger partial charge in [0.15, 0.2) is 5.78 Å². The molecule has 2 amide bonds. The highest BCUT2D eigenvalue weighted by Gasteiger charge is 2.49. The number of amides is 2. The van der Waals surface area contributed by atoms with Gasteiger partial charge in [-0.2, -0.15) is 18.4 Å². The molecule has 2 heterocycles. The summed E-state index contributed by atoms with van der Waals surface area (Å²) >= 11 is 0. The van der Waals surface area contributed by atoms with Crippen molar-refractivity contribution in [2.24, 2.45) is 5.92 Å². The number of nitrogens with zero attached hydrogens (tertiary/aromatic N) is 4. The molecule has 2 aromatic rings. The largest absolute Gasteiger partial charge is 0.416 e. The molecule has 0 aromatic heterocycles. The van der Waals surface area contributed by atoms with Gasteiger partial charge < -0.3 is 4.90 Å². The number of anilines is 1. The van der Waals surface area contributed by atoms with E-state index in [2.05, 4.69) is 4.90 Å². The van der Waals surface area contributed by atoms with Gasteiger partial charge in [-0.05, 0) is 62.6 Å². The lowest BCUT2D eigenvalue weighted by Crippen LogP contribution is -2.56. The van der Waals surface area contributed by atoms with E-state index in [4.69, 9.17) is 0 Å². The van der Waals surface area contributed by atoms with Crippen LogP contribution in [0, 0.1) is 17.2 Å². The molecule has 2 unspecified atom stereocenters. The van der Waals surface area contributed by atoms with Crippen molar-refractivity contribution < 1.29 is 27.6 Å². The Morgan fingerprint density at radius 1 is 0.976 bits per heavy atom. The molecule has 1 saturated heterocycles. The average Bonchev–Trinajstić information content (AvgIpc) is 3.51. The summed E-state index contributed by atoms with van der Waals surface area (Å²) in [6.07, 6.45) is 0.00578. The standard InChI is InChI=1S/C32H33F3N4O3/c1-20-27(21(2)40)28(23-12-10-22(19-36)11-13-23)29(30(41)38-16-14-37(15-17-38)25-7-3-4-8-25)31(42)39(20)26-9-5-6-24(18-26)32(33,34)35/h5-6,9-13,18,25,28-29H,3-4,7-8,14-17H2,1-2H3. The van der Waals surface area contributed by atoms with E-state index in [-0.39, 0.29) is 17.0 Å². The lowest BCUT2D eigenvalue weighted by Gasteiger charge is -2.43. The van der Waals surface area contributed by atoms with Crippen LogP contribution in [0.2, 0.25) is 0 Å². The number of hydrogen-bond donors (Lipinski definition) is 0. The summed E-state index contributed by atoms with van der Waals surface area (Å²) in [5, 5.41) is 9.29.